The van der Waals surface area contributed by atoms with Crippen molar-refractivity contribution in [2.75, 3.05) is 6.54 Å². The van der Waals surface area contributed by atoms with Gasteiger partial charge in [-0.2, -0.15) is 0 Å². The Labute approximate surface area is 149 Å². The zero-order chi connectivity index (χ0) is 16.6. The van der Waals surface area contributed by atoms with Crippen LogP contribution in [0.4, 0.5) is 0 Å². The largest absolute Gasteiger partial charge is 0.457 e. The molecule has 23 heavy (non-hydrogen) atoms. The normalized spacial score (nSPS) is 16.7. The first-order valence-corrected chi connectivity index (χ1v) is 8.71. The van der Waals surface area contributed by atoms with E-state index in [0.29, 0.717) is 26.6 Å². The van der Waals surface area contributed by atoms with Gasteiger partial charge in [-0.05, 0) is 43.7 Å². The van der Waals surface area contributed by atoms with Crippen LogP contribution in [0, 0.1) is 6.92 Å². The molecule has 1 aliphatic heterocycles. The quantitative estimate of drug-likeness (QED) is 0.559. The minimum atomic E-state index is -0.0700. The first-order chi connectivity index (χ1) is 11.0. The van der Waals surface area contributed by atoms with Gasteiger partial charge in [0.05, 0.1) is 4.91 Å². The molecule has 1 fully saturated rings. The number of thiocarbonyl (C=S) groups is 1. The summed E-state index contributed by atoms with van der Waals surface area (Å²) in [6.45, 7) is 4.48. The van der Waals surface area contributed by atoms with E-state index in [9.17, 15) is 4.79 Å². The summed E-state index contributed by atoms with van der Waals surface area (Å²) < 4.78 is 6.44. The van der Waals surface area contributed by atoms with E-state index >= 15 is 0 Å². The minimum Gasteiger partial charge on any atom is -0.457 e. The van der Waals surface area contributed by atoms with Gasteiger partial charge >= 0.3 is 0 Å². The number of carbonyl (C=O) groups is 1. The third kappa shape index (κ3) is 3.22. The number of amides is 1. The molecule has 6 heteroatoms. The molecule has 118 valence electrons. The van der Waals surface area contributed by atoms with Crippen molar-refractivity contribution in [2.24, 2.45) is 0 Å². The fourth-order valence-corrected chi connectivity index (χ4v) is 3.87. The van der Waals surface area contributed by atoms with E-state index in [0.717, 1.165) is 16.9 Å². The number of hydrogen-bond donors (Lipinski definition) is 0. The first-order valence-electron chi connectivity index (χ1n) is 7.11. The monoisotopic (exact) mass is 363 g/mol. The van der Waals surface area contributed by atoms with E-state index < -0.39 is 0 Å². The summed E-state index contributed by atoms with van der Waals surface area (Å²) in [5.41, 5.74) is 2.02. The predicted molar refractivity (Wildman–Crippen MR) is 99.4 cm³/mol. The Morgan fingerprint density at radius 2 is 2.13 bits per heavy atom. The molecule has 0 saturated carbocycles. The van der Waals surface area contributed by atoms with Crippen molar-refractivity contribution < 1.29 is 9.21 Å². The second-order valence-corrected chi connectivity index (χ2v) is 7.20. The number of rotatable bonds is 3. The Bertz CT molecular complexity index is 826. The van der Waals surface area contributed by atoms with E-state index in [1.165, 1.54) is 11.8 Å². The Balaban J connectivity index is 1.91. The van der Waals surface area contributed by atoms with Gasteiger partial charge < -0.3 is 4.42 Å². The maximum absolute atomic E-state index is 12.2. The number of nitrogens with zero attached hydrogens (tertiary/aromatic N) is 1. The standard InChI is InChI=1S/C17H14ClNO2S2/c1-3-19-16(20)15(23-17(19)22)9-12-6-7-14(21-12)13-8-11(18)5-4-10(13)2/h4-9H,3H2,1-2H3/b15-9-. The molecule has 1 amide bonds. The molecule has 0 aliphatic carbocycles. The molecular formula is C17H14ClNO2S2. The summed E-state index contributed by atoms with van der Waals surface area (Å²) in [5.74, 6) is 1.28. The second kappa shape index (κ2) is 6.51. The number of halogens is 1. The van der Waals surface area contributed by atoms with Crippen molar-refractivity contribution in [1.82, 2.24) is 4.90 Å². The molecule has 2 heterocycles. The van der Waals surface area contributed by atoms with E-state index in [1.54, 1.807) is 11.0 Å². The zero-order valence-corrected chi connectivity index (χ0v) is 15.0. The topological polar surface area (TPSA) is 33.5 Å². The first kappa shape index (κ1) is 16.3. The van der Waals surface area contributed by atoms with E-state index in [4.69, 9.17) is 28.2 Å². The van der Waals surface area contributed by atoms with Crippen LogP contribution in [-0.2, 0) is 4.79 Å². The number of furan rings is 1. The van der Waals surface area contributed by atoms with Gasteiger partial charge in [0.1, 0.15) is 15.8 Å². The van der Waals surface area contributed by atoms with Crippen LogP contribution in [0.2, 0.25) is 5.02 Å². The Morgan fingerprint density at radius 3 is 2.83 bits per heavy atom. The molecule has 1 aromatic heterocycles. The lowest BCUT2D eigenvalue weighted by molar-refractivity contribution is -0.121. The van der Waals surface area contributed by atoms with Crippen molar-refractivity contribution in [3.05, 3.63) is 51.6 Å². The number of benzene rings is 1. The van der Waals surface area contributed by atoms with Crippen LogP contribution in [-0.4, -0.2) is 21.7 Å². The van der Waals surface area contributed by atoms with Crippen LogP contribution < -0.4 is 0 Å². The van der Waals surface area contributed by atoms with Gasteiger partial charge in [0, 0.05) is 23.2 Å². The second-order valence-electron chi connectivity index (χ2n) is 5.09. The highest BCUT2D eigenvalue weighted by Gasteiger charge is 2.30. The molecule has 1 aromatic carbocycles. The highest BCUT2D eigenvalue weighted by Crippen LogP contribution is 2.34. The Morgan fingerprint density at radius 1 is 1.35 bits per heavy atom. The van der Waals surface area contributed by atoms with E-state index in [-0.39, 0.29) is 5.91 Å². The fraction of sp³-hybridized carbons (Fsp3) is 0.176. The summed E-state index contributed by atoms with van der Waals surface area (Å²) in [7, 11) is 0. The molecule has 2 aromatic rings. The summed E-state index contributed by atoms with van der Waals surface area (Å²) >= 11 is 12.6. The lowest BCUT2D eigenvalue weighted by Gasteiger charge is -2.09. The average molecular weight is 364 g/mol. The maximum atomic E-state index is 12.2. The average Bonchev–Trinajstić information content (AvgIpc) is 3.07. The Kier molecular flexibility index (Phi) is 4.62. The van der Waals surface area contributed by atoms with Gasteiger partial charge in [0.25, 0.3) is 5.91 Å². The van der Waals surface area contributed by atoms with Crippen molar-refractivity contribution in [1.29, 1.82) is 0 Å². The highest BCUT2D eigenvalue weighted by atomic mass is 35.5. The molecule has 0 N–H and O–H groups in total. The zero-order valence-electron chi connectivity index (χ0n) is 12.6. The molecule has 0 spiro atoms. The molecule has 0 bridgehead atoms. The number of hydrogen-bond acceptors (Lipinski definition) is 4. The lowest BCUT2D eigenvalue weighted by atomic mass is 10.1. The van der Waals surface area contributed by atoms with Crippen LogP contribution in [0.25, 0.3) is 17.4 Å². The molecule has 0 atom stereocenters. The van der Waals surface area contributed by atoms with Gasteiger partial charge in [-0.1, -0.05) is 41.6 Å². The smallest absolute Gasteiger partial charge is 0.266 e. The third-order valence-corrected chi connectivity index (χ3v) is 5.17. The lowest BCUT2D eigenvalue weighted by Crippen LogP contribution is -2.27. The third-order valence-electron chi connectivity index (χ3n) is 3.56. The van der Waals surface area contributed by atoms with Crippen LogP contribution in [0.15, 0.2) is 39.7 Å². The summed E-state index contributed by atoms with van der Waals surface area (Å²) in [5, 5.41) is 0.660. The summed E-state index contributed by atoms with van der Waals surface area (Å²) in [6, 6.07) is 9.39. The molecule has 3 nitrogen and oxygen atoms in total. The number of aryl methyl sites for hydroxylation is 1. The fourth-order valence-electron chi connectivity index (χ4n) is 2.34. The van der Waals surface area contributed by atoms with Crippen molar-refractivity contribution in [3.8, 4) is 11.3 Å². The number of carbonyl (C=O) groups excluding carboxylic acids is 1. The number of thioether (sulfide) groups is 1. The van der Waals surface area contributed by atoms with Gasteiger partial charge in [-0.15, -0.1) is 0 Å². The molecular weight excluding hydrogens is 350 g/mol. The van der Waals surface area contributed by atoms with Gasteiger partial charge in [0.2, 0.25) is 0 Å². The van der Waals surface area contributed by atoms with E-state index in [1.807, 2.05) is 44.2 Å². The summed E-state index contributed by atoms with van der Waals surface area (Å²) in [4.78, 5) is 14.4. The van der Waals surface area contributed by atoms with Crippen LogP contribution in [0.3, 0.4) is 0 Å². The SMILES string of the molecule is CCN1C(=O)/C(=C/c2ccc(-c3cc(Cl)ccc3C)o2)SC1=S. The van der Waals surface area contributed by atoms with Crippen molar-refractivity contribution in [3.63, 3.8) is 0 Å². The molecule has 3 rings (SSSR count). The van der Waals surface area contributed by atoms with Crippen LogP contribution >= 0.6 is 35.6 Å². The maximum Gasteiger partial charge on any atom is 0.266 e. The van der Waals surface area contributed by atoms with Crippen molar-refractivity contribution in [2.45, 2.75) is 13.8 Å². The molecule has 1 aliphatic rings. The number of likely N-dealkylation sites (N-methyl/N-ethyl adjacent to an activating group) is 1. The van der Waals surface area contributed by atoms with E-state index in [2.05, 4.69) is 0 Å². The summed E-state index contributed by atoms with van der Waals surface area (Å²) in [6.07, 6.45) is 1.73. The van der Waals surface area contributed by atoms with Gasteiger partial charge in [-0.25, -0.2) is 0 Å². The molecule has 1 saturated heterocycles. The van der Waals surface area contributed by atoms with Crippen LogP contribution in [0.5, 0.6) is 0 Å². The molecule has 0 unspecified atom stereocenters. The Hall–Kier alpha value is -1.56. The van der Waals surface area contributed by atoms with Gasteiger partial charge in [-0.3, -0.25) is 9.69 Å². The van der Waals surface area contributed by atoms with Crippen molar-refractivity contribution >= 4 is 51.9 Å². The minimum absolute atomic E-state index is 0.0700. The molecule has 0 radical (unpaired) electrons. The van der Waals surface area contributed by atoms with Crippen LogP contribution in [0.1, 0.15) is 18.2 Å². The predicted octanol–water partition coefficient (Wildman–Crippen LogP) is 5.13. The van der Waals surface area contributed by atoms with Gasteiger partial charge in [0.15, 0.2) is 0 Å². The highest BCUT2D eigenvalue weighted by molar-refractivity contribution is 8.26.